The lowest BCUT2D eigenvalue weighted by Gasteiger charge is -2.11. The van der Waals surface area contributed by atoms with Crippen LogP contribution in [0.4, 0.5) is 8.78 Å². The van der Waals surface area contributed by atoms with Crippen LogP contribution in [0.15, 0.2) is 36.4 Å². The van der Waals surface area contributed by atoms with Crippen LogP contribution in [0.3, 0.4) is 0 Å². The summed E-state index contributed by atoms with van der Waals surface area (Å²) in [7, 11) is 0. The van der Waals surface area contributed by atoms with Gasteiger partial charge < -0.3 is 5.32 Å². The zero-order valence-electron chi connectivity index (χ0n) is 11.4. The summed E-state index contributed by atoms with van der Waals surface area (Å²) in [5.74, 6) is -0.705. The Morgan fingerprint density at radius 1 is 1.05 bits per heavy atom. The molecule has 0 bridgehead atoms. The Bertz CT molecular complexity index is 611. The monoisotopic (exact) mass is 295 g/mol. The van der Waals surface area contributed by atoms with Gasteiger partial charge in [-0.25, -0.2) is 8.78 Å². The fourth-order valence-corrected chi connectivity index (χ4v) is 2.07. The number of nitrogens with one attached hydrogen (secondary N) is 1. The first-order valence-corrected chi connectivity index (χ1v) is 6.82. The van der Waals surface area contributed by atoms with Gasteiger partial charge in [0.05, 0.1) is 0 Å². The molecule has 0 radical (unpaired) electrons. The Kier molecular flexibility index (Phi) is 4.73. The van der Waals surface area contributed by atoms with E-state index in [1.54, 1.807) is 24.3 Å². The first kappa shape index (κ1) is 14.9. The van der Waals surface area contributed by atoms with Gasteiger partial charge in [0.25, 0.3) is 0 Å². The van der Waals surface area contributed by atoms with E-state index in [2.05, 4.69) is 5.32 Å². The highest BCUT2D eigenvalue weighted by Gasteiger charge is 2.09. The first-order valence-electron chi connectivity index (χ1n) is 6.44. The molecule has 0 aliphatic rings. The molecule has 0 atom stereocenters. The highest BCUT2D eigenvalue weighted by atomic mass is 35.5. The summed E-state index contributed by atoms with van der Waals surface area (Å²) in [5, 5.41) is 3.49. The maximum absolute atomic E-state index is 13.9. The molecular weight excluding hydrogens is 280 g/mol. The van der Waals surface area contributed by atoms with E-state index in [1.165, 1.54) is 12.1 Å². The second kappa shape index (κ2) is 6.33. The van der Waals surface area contributed by atoms with Crippen LogP contribution in [-0.2, 0) is 6.54 Å². The van der Waals surface area contributed by atoms with Gasteiger partial charge >= 0.3 is 0 Å². The van der Waals surface area contributed by atoms with Gasteiger partial charge in [0.15, 0.2) is 0 Å². The minimum Gasteiger partial charge on any atom is -0.310 e. The third-order valence-corrected chi connectivity index (χ3v) is 3.22. The molecule has 0 amide bonds. The second-order valence-electron chi connectivity index (χ2n) is 4.97. The number of hydrogen-bond acceptors (Lipinski definition) is 1. The molecule has 0 saturated heterocycles. The summed E-state index contributed by atoms with van der Waals surface area (Å²) in [6.07, 6.45) is 0. The van der Waals surface area contributed by atoms with Crippen LogP contribution in [0.1, 0.15) is 19.4 Å². The standard InChI is InChI=1S/C16H16ClF2N/c1-10(2)20-9-12-7-11(3-6-15(12)18)14-5-4-13(17)8-16(14)19/h3-8,10,20H,9H2,1-2H3. The SMILES string of the molecule is CC(C)NCc1cc(-c2ccc(Cl)cc2F)ccc1F. The lowest BCUT2D eigenvalue weighted by Crippen LogP contribution is -2.22. The summed E-state index contributed by atoms with van der Waals surface area (Å²) in [6, 6.07) is 9.33. The van der Waals surface area contributed by atoms with Crippen LogP contribution in [-0.4, -0.2) is 6.04 Å². The maximum atomic E-state index is 13.9. The van der Waals surface area contributed by atoms with Gasteiger partial charge in [0, 0.05) is 28.7 Å². The predicted octanol–water partition coefficient (Wildman–Crippen LogP) is 4.78. The normalized spacial score (nSPS) is 11.1. The summed E-state index contributed by atoms with van der Waals surface area (Å²) in [6.45, 7) is 4.38. The van der Waals surface area contributed by atoms with Crippen molar-refractivity contribution in [2.45, 2.75) is 26.4 Å². The van der Waals surface area contributed by atoms with Crippen molar-refractivity contribution in [2.75, 3.05) is 0 Å². The van der Waals surface area contributed by atoms with Crippen molar-refractivity contribution in [3.63, 3.8) is 0 Å². The summed E-state index contributed by atoms with van der Waals surface area (Å²) in [5.41, 5.74) is 1.58. The molecule has 0 heterocycles. The van der Waals surface area contributed by atoms with Crippen molar-refractivity contribution in [1.29, 1.82) is 0 Å². The molecule has 1 nitrogen and oxygen atoms in total. The van der Waals surface area contributed by atoms with Crippen LogP contribution in [0, 0.1) is 11.6 Å². The highest BCUT2D eigenvalue weighted by Crippen LogP contribution is 2.27. The van der Waals surface area contributed by atoms with Gasteiger partial charge in [-0.1, -0.05) is 31.5 Å². The van der Waals surface area contributed by atoms with Gasteiger partial charge in [-0.3, -0.25) is 0 Å². The maximum Gasteiger partial charge on any atom is 0.132 e. The quantitative estimate of drug-likeness (QED) is 0.855. The van der Waals surface area contributed by atoms with Gasteiger partial charge in [-0.15, -0.1) is 0 Å². The Hall–Kier alpha value is -1.45. The van der Waals surface area contributed by atoms with Crippen molar-refractivity contribution in [2.24, 2.45) is 0 Å². The van der Waals surface area contributed by atoms with Crippen molar-refractivity contribution in [1.82, 2.24) is 5.32 Å². The molecule has 2 aromatic carbocycles. The van der Waals surface area contributed by atoms with Gasteiger partial charge in [-0.2, -0.15) is 0 Å². The zero-order valence-corrected chi connectivity index (χ0v) is 12.1. The van der Waals surface area contributed by atoms with Crippen molar-refractivity contribution in [3.05, 3.63) is 58.6 Å². The van der Waals surface area contributed by atoms with E-state index in [0.29, 0.717) is 28.3 Å². The average molecular weight is 296 g/mol. The molecular formula is C16H16ClF2N. The largest absolute Gasteiger partial charge is 0.310 e. The van der Waals surface area contributed by atoms with Crippen molar-refractivity contribution >= 4 is 11.6 Å². The van der Waals surface area contributed by atoms with Crippen molar-refractivity contribution in [3.8, 4) is 11.1 Å². The Morgan fingerprint density at radius 2 is 1.80 bits per heavy atom. The molecule has 1 N–H and O–H groups in total. The molecule has 0 aliphatic carbocycles. The van der Waals surface area contributed by atoms with Gasteiger partial charge in [0.2, 0.25) is 0 Å². The number of rotatable bonds is 4. The molecule has 20 heavy (non-hydrogen) atoms. The lowest BCUT2D eigenvalue weighted by molar-refractivity contribution is 0.553. The van der Waals surface area contributed by atoms with E-state index in [1.807, 2.05) is 13.8 Å². The van der Waals surface area contributed by atoms with Crippen LogP contribution < -0.4 is 5.32 Å². The molecule has 106 valence electrons. The minimum absolute atomic E-state index is 0.255. The fraction of sp³-hybridized carbons (Fsp3) is 0.250. The smallest absolute Gasteiger partial charge is 0.132 e. The Labute approximate surface area is 122 Å². The fourth-order valence-electron chi connectivity index (χ4n) is 1.92. The van der Waals surface area contributed by atoms with E-state index in [4.69, 9.17) is 11.6 Å². The molecule has 0 spiro atoms. The van der Waals surface area contributed by atoms with Crippen LogP contribution in [0.5, 0.6) is 0 Å². The Balaban J connectivity index is 2.35. The minimum atomic E-state index is -0.410. The van der Waals surface area contributed by atoms with Crippen molar-refractivity contribution < 1.29 is 8.78 Å². The zero-order chi connectivity index (χ0) is 14.7. The molecule has 4 heteroatoms. The summed E-state index contributed by atoms with van der Waals surface area (Å²) in [4.78, 5) is 0. The van der Waals surface area contributed by atoms with E-state index in [-0.39, 0.29) is 11.9 Å². The van der Waals surface area contributed by atoms with E-state index >= 15 is 0 Å². The molecule has 0 fully saturated rings. The summed E-state index contributed by atoms with van der Waals surface area (Å²) >= 11 is 5.74. The highest BCUT2D eigenvalue weighted by molar-refractivity contribution is 6.30. The lowest BCUT2D eigenvalue weighted by atomic mass is 10.0. The average Bonchev–Trinajstić information content (AvgIpc) is 2.38. The molecule has 0 aliphatic heterocycles. The first-order chi connectivity index (χ1) is 9.47. The van der Waals surface area contributed by atoms with Crippen LogP contribution in [0.2, 0.25) is 5.02 Å². The molecule has 0 unspecified atom stereocenters. The van der Waals surface area contributed by atoms with Gasteiger partial charge in [-0.05, 0) is 35.9 Å². The van der Waals surface area contributed by atoms with Crippen LogP contribution >= 0.6 is 11.6 Å². The molecule has 0 aromatic heterocycles. The topological polar surface area (TPSA) is 12.0 Å². The van der Waals surface area contributed by atoms with E-state index in [0.717, 1.165) is 0 Å². The summed E-state index contributed by atoms with van der Waals surface area (Å²) < 4.78 is 27.6. The molecule has 2 aromatic rings. The van der Waals surface area contributed by atoms with Crippen LogP contribution in [0.25, 0.3) is 11.1 Å². The predicted molar refractivity (Wildman–Crippen MR) is 78.8 cm³/mol. The molecule has 0 saturated carbocycles. The van der Waals surface area contributed by atoms with E-state index in [9.17, 15) is 8.78 Å². The Morgan fingerprint density at radius 3 is 2.45 bits per heavy atom. The third-order valence-electron chi connectivity index (χ3n) is 2.99. The third kappa shape index (κ3) is 3.56. The van der Waals surface area contributed by atoms with Gasteiger partial charge in [0.1, 0.15) is 11.6 Å². The number of benzene rings is 2. The second-order valence-corrected chi connectivity index (χ2v) is 5.40. The van der Waals surface area contributed by atoms with E-state index < -0.39 is 5.82 Å². The number of hydrogen-bond donors (Lipinski definition) is 1. The molecule has 2 rings (SSSR count). The number of halogens is 3.